The predicted octanol–water partition coefficient (Wildman–Crippen LogP) is 3.77. The molecule has 4 rings (SSSR count). The summed E-state index contributed by atoms with van der Waals surface area (Å²) in [7, 11) is -0.548. The fourth-order valence-corrected chi connectivity index (χ4v) is 4.68. The Morgan fingerprint density at radius 3 is 2.40 bits per heavy atom. The molecule has 0 saturated carbocycles. The standard InChI is InChI=1S/C21H21N3O4S2/c1-27-19-10-5-14(12-20(19)28-2)18-13-17(21-4-3-11-29-21)23-24(18)15-6-8-16(9-7-15)30(22,25)26/h3-12,18H,13H2,1-2H3,(H2,22,25,26). The highest BCUT2D eigenvalue weighted by Gasteiger charge is 2.31. The summed E-state index contributed by atoms with van der Waals surface area (Å²) in [6.45, 7) is 0. The fraction of sp³-hybridized carbons (Fsp3) is 0.190. The van der Waals surface area contributed by atoms with Crippen LogP contribution in [0, 0.1) is 0 Å². The summed E-state index contributed by atoms with van der Waals surface area (Å²) in [5, 5.41) is 14.0. The van der Waals surface area contributed by atoms with E-state index in [1.54, 1.807) is 37.7 Å². The maximum atomic E-state index is 11.6. The van der Waals surface area contributed by atoms with E-state index in [2.05, 4.69) is 0 Å². The molecule has 1 aliphatic rings. The lowest BCUT2D eigenvalue weighted by atomic mass is 10.00. The summed E-state index contributed by atoms with van der Waals surface area (Å²) in [5.74, 6) is 1.30. The molecule has 30 heavy (non-hydrogen) atoms. The summed E-state index contributed by atoms with van der Waals surface area (Å²) >= 11 is 1.64. The highest BCUT2D eigenvalue weighted by atomic mass is 32.2. The van der Waals surface area contributed by atoms with Crippen LogP contribution in [0.25, 0.3) is 0 Å². The first-order chi connectivity index (χ1) is 14.4. The van der Waals surface area contributed by atoms with Gasteiger partial charge in [0.15, 0.2) is 11.5 Å². The number of nitrogens with zero attached hydrogens (tertiary/aromatic N) is 2. The van der Waals surface area contributed by atoms with Gasteiger partial charge in [-0.1, -0.05) is 12.1 Å². The van der Waals surface area contributed by atoms with Gasteiger partial charge in [0.05, 0.1) is 41.4 Å². The van der Waals surface area contributed by atoms with Crippen LogP contribution < -0.4 is 19.6 Å². The number of hydrogen-bond acceptors (Lipinski definition) is 7. The molecule has 0 spiro atoms. The zero-order valence-electron chi connectivity index (χ0n) is 16.5. The minimum atomic E-state index is -3.75. The second kappa shape index (κ2) is 8.10. The molecule has 2 heterocycles. The number of primary sulfonamides is 1. The number of anilines is 1. The molecule has 2 aromatic carbocycles. The van der Waals surface area contributed by atoms with E-state index in [1.165, 1.54) is 12.1 Å². The summed E-state index contributed by atoms with van der Waals surface area (Å²) < 4.78 is 34.0. The molecule has 0 saturated heterocycles. The van der Waals surface area contributed by atoms with E-state index in [1.807, 2.05) is 40.7 Å². The van der Waals surface area contributed by atoms with Crippen LogP contribution in [0.15, 0.2) is 70.0 Å². The van der Waals surface area contributed by atoms with E-state index in [0.717, 1.165) is 21.8 Å². The van der Waals surface area contributed by atoms with Crippen LogP contribution in [-0.4, -0.2) is 28.3 Å². The molecule has 0 bridgehead atoms. The average Bonchev–Trinajstić information content (AvgIpc) is 3.42. The minimum absolute atomic E-state index is 0.0653. The Hall–Kier alpha value is -2.88. The molecule has 0 radical (unpaired) electrons. The van der Waals surface area contributed by atoms with Crippen molar-refractivity contribution in [3.8, 4) is 11.5 Å². The first-order valence-corrected chi connectivity index (χ1v) is 11.6. The monoisotopic (exact) mass is 443 g/mol. The number of rotatable bonds is 6. The smallest absolute Gasteiger partial charge is 0.238 e. The van der Waals surface area contributed by atoms with E-state index in [4.69, 9.17) is 19.7 Å². The molecule has 1 aliphatic heterocycles. The number of thiophene rings is 1. The third kappa shape index (κ3) is 3.91. The molecule has 0 aliphatic carbocycles. The van der Waals surface area contributed by atoms with Gasteiger partial charge in [-0.2, -0.15) is 5.10 Å². The van der Waals surface area contributed by atoms with Gasteiger partial charge in [-0.15, -0.1) is 11.3 Å². The van der Waals surface area contributed by atoms with E-state index < -0.39 is 10.0 Å². The maximum Gasteiger partial charge on any atom is 0.238 e. The number of nitrogens with two attached hydrogens (primary N) is 1. The van der Waals surface area contributed by atoms with Crippen LogP contribution in [-0.2, 0) is 10.0 Å². The van der Waals surface area contributed by atoms with Gasteiger partial charge in [0, 0.05) is 6.42 Å². The third-order valence-corrected chi connectivity index (χ3v) is 6.79. The van der Waals surface area contributed by atoms with Crippen molar-refractivity contribution in [3.05, 3.63) is 70.4 Å². The van der Waals surface area contributed by atoms with Crippen molar-refractivity contribution in [1.29, 1.82) is 0 Å². The molecule has 2 N–H and O–H groups in total. The molecular formula is C21H21N3O4S2. The number of hydrazone groups is 1. The number of hydrogen-bond donors (Lipinski definition) is 1. The number of benzene rings is 2. The van der Waals surface area contributed by atoms with Crippen molar-refractivity contribution in [1.82, 2.24) is 0 Å². The molecule has 7 nitrogen and oxygen atoms in total. The van der Waals surface area contributed by atoms with E-state index in [0.29, 0.717) is 17.9 Å². The van der Waals surface area contributed by atoms with Crippen LogP contribution in [0.3, 0.4) is 0 Å². The quantitative estimate of drug-likeness (QED) is 0.626. The van der Waals surface area contributed by atoms with Gasteiger partial charge < -0.3 is 9.47 Å². The molecule has 0 fully saturated rings. The minimum Gasteiger partial charge on any atom is -0.493 e. The van der Waals surface area contributed by atoms with Gasteiger partial charge in [-0.05, 0) is 53.4 Å². The Morgan fingerprint density at radius 2 is 1.80 bits per heavy atom. The number of methoxy groups -OCH3 is 2. The third-order valence-electron chi connectivity index (χ3n) is 4.94. The molecule has 1 unspecified atom stereocenters. The Labute approximate surface area is 179 Å². The SMILES string of the molecule is COc1ccc(C2CC(c3cccs3)=NN2c2ccc(S(N)(=O)=O)cc2)cc1OC. The molecule has 9 heteroatoms. The van der Waals surface area contributed by atoms with Crippen molar-refractivity contribution in [2.75, 3.05) is 19.2 Å². The Morgan fingerprint density at radius 1 is 1.07 bits per heavy atom. The normalized spacial score (nSPS) is 16.4. The summed E-state index contributed by atoms with van der Waals surface area (Å²) in [5.41, 5.74) is 2.76. The first-order valence-electron chi connectivity index (χ1n) is 9.16. The zero-order valence-corrected chi connectivity index (χ0v) is 18.1. The van der Waals surface area contributed by atoms with Crippen molar-refractivity contribution in [2.24, 2.45) is 10.2 Å². The molecule has 0 amide bonds. The topological polar surface area (TPSA) is 94.2 Å². The van der Waals surface area contributed by atoms with Gasteiger partial charge in [-0.25, -0.2) is 13.6 Å². The molecule has 1 aromatic heterocycles. The summed E-state index contributed by atoms with van der Waals surface area (Å²) in [6, 6.07) is 16.2. The van der Waals surface area contributed by atoms with E-state index in [-0.39, 0.29) is 10.9 Å². The highest BCUT2D eigenvalue weighted by Crippen LogP contribution is 2.40. The van der Waals surface area contributed by atoms with Crippen LogP contribution in [0.1, 0.15) is 22.9 Å². The second-order valence-electron chi connectivity index (χ2n) is 6.74. The highest BCUT2D eigenvalue weighted by molar-refractivity contribution is 7.89. The molecule has 156 valence electrons. The van der Waals surface area contributed by atoms with Crippen molar-refractivity contribution < 1.29 is 17.9 Å². The molecule has 3 aromatic rings. The Bertz CT molecular complexity index is 1170. The van der Waals surface area contributed by atoms with Crippen LogP contribution in [0.4, 0.5) is 5.69 Å². The van der Waals surface area contributed by atoms with Crippen LogP contribution >= 0.6 is 11.3 Å². The molecular weight excluding hydrogens is 422 g/mol. The van der Waals surface area contributed by atoms with Gasteiger partial charge in [0.25, 0.3) is 0 Å². The fourth-order valence-electron chi connectivity index (χ4n) is 3.45. The van der Waals surface area contributed by atoms with Crippen molar-refractivity contribution in [3.63, 3.8) is 0 Å². The Kier molecular flexibility index (Phi) is 5.50. The lowest BCUT2D eigenvalue weighted by Crippen LogP contribution is -2.19. The van der Waals surface area contributed by atoms with Gasteiger partial charge in [-0.3, -0.25) is 5.01 Å². The van der Waals surface area contributed by atoms with Crippen molar-refractivity contribution in [2.45, 2.75) is 17.4 Å². The summed E-state index contributed by atoms with van der Waals surface area (Å²) in [6.07, 6.45) is 0.701. The number of sulfonamides is 1. The van der Waals surface area contributed by atoms with E-state index in [9.17, 15) is 8.42 Å². The van der Waals surface area contributed by atoms with Crippen LogP contribution in [0.5, 0.6) is 11.5 Å². The van der Waals surface area contributed by atoms with E-state index >= 15 is 0 Å². The van der Waals surface area contributed by atoms with Gasteiger partial charge in [0.2, 0.25) is 10.0 Å². The average molecular weight is 444 g/mol. The van der Waals surface area contributed by atoms with Crippen molar-refractivity contribution >= 4 is 32.8 Å². The number of ether oxygens (including phenoxy) is 2. The molecule has 1 atom stereocenters. The summed E-state index contributed by atoms with van der Waals surface area (Å²) in [4.78, 5) is 1.17. The van der Waals surface area contributed by atoms with Gasteiger partial charge >= 0.3 is 0 Å². The second-order valence-corrected chi connectivity index (χ2v) is 9.25. The predicted molar refractivity (Wildman–Crippen MR) is 118 cm³/mol. The van der Waals surface area contributed by atoms with Crippen LogP contribution in [0.2, 0.25) is 0 Å². The maximum absolute atomic E-state index is 11.6. The van der Waals surface area contributed by atoms with Gasteiger partial charge in [0.1, 0.15) is 0 Å². The lowest BCUT2D eigenvalue weighted by Gasteiger charge is -2.24. The first kappa shape index (κ1) is 20.4. The largest absolute Gasteiger partial charge is 0.493 e. The Balaban J connectivity index is 1.75. The lowest BCUT2D eigenvalue weighted by molar-refractivity contribution is 0.354. The zero-order chi connectivity index (χ0) is 21.3.